The van der Waals surface area contributed by atoms with Gasteiger partial charge >= 0.3 is 0 Å². The molecular weight excluding hydrogens is 312 g/mol. The number of carbonyl (C=O) groups excluding carboxylic acids is 1. The van der Waals surface area contributed by atoms with E-state index in [9.17, 15) is 9.59 Å². The van der Waals surface area contributed by atoms with E-state index >= 15 is 0 Å². The molecule has 0 saturated carbocycles. The van der Waals surface area contributed by atoms with Crippen LogP contribution < -0.4 is 15.8 Å². The number of carbonyl (C=O) groups is 1. The summed E-state index contributed by atoms with van der Waals surface area (Å²) in [6.07, 6.45) is 4.95. The van der Waals surface area contributed by atoms with Gasteiger partial charge in [0.05, 0.1) is 5.92 Å². The van der Waals surface area contributed by atoms with Crippen molar-refractivity contribution in [3.05, 3.63) is 45.1 Å². The first kappa shape index (κ1) is 15.7. The van der Waals surface area contributed by atoms with Gasteiger partial charge in [-0.2, -0.15) is 0 Å². The number of piperidine rings is 1. The number of aromatic nitrogens is 2. The third kappa shape index (κ3) is 3.61. The molecule has 1 saturated heterocycles. The average molecular weight is 332 g/mol. The monoisotopic (exact) mass is 332 g/mol. The Hall–Kier alpha value is -2.15. The second-order valence-corrected chi connectivity index (χ2v) is 6.75. The Balaban J connectivity index is 1.64. The average Bonchev–Trinajstić information content (AvgIpc) is 3.09. The largest absolute Gasteiger partial charge is 0.351 e. The standard InChI is InChI=1S/C16H20N4O2S/c1-11(13-5-3-9-23-13)15(21)19-12-4-2-8-20(10-12)14-16(22)18-7-6-17-14/h3,5-7,9,11-12H,2,4,8,10H2,1H3,(H,18,22)(H,19,21). The zero-order chi connectivity index (χ0) is 16.2. The minimum absolute atomic E-state index is 0.0363. The summed E-state index contributed by atoms with van der Waals surface area (Å²) in [6.45, 7) is 3.32. The first-order valence-electron chi connectivity index (χ1n) is 7.77. The predicted octanol–water partition coefficient (Wildman–Crippen LogP) is 1.72. The number of hydrogen-bond acceptors (Lipinski definition) is 5. The minimum atomic E-state index is -0.188. The zero-order valence-electron chi connectivity index (χ0n) is 13.0. The van der Waals surface area contributed by atoms with E-state index in [0.29, 0.717) is 12.4 Å². The normalized spacial score (nSPS) is 19.3. The number of H-pyrrole nitrogens is 1. The van der Waals surface area contributed by atoms with Crippen molar-refractivity contribution in [2.75, 3.05) is 18.0 Å². The molecule has 6 nitrogen and oxygen atoms in total. The highest BCUT2D eigenvalue weighted by molar-refractivity contribution is 7.10. The van der Waals surface area contributed by atoms with Gasteiger partial charge < -0.3 is 15.2 Å². The van der Waals surface area contributed by atoms with Gasteiger partial charge in [-0.25, -0.2) is 4.98 Å². The highest BCUT2D eigenvalue weighted by Crippen LogP contribution is 2.22. The Morgan fingerprint density at radius 1 is 1.57 bits per heavy atom. The van der Waals surface area contributed by atoms with E-state index < -0.39 is 0 Å². The van der Waals surface area contributed by atoms with E-state index in [-0.39, 0.29) is 23.4 Å². The molecule has 1 fully saturated rings. The molecule has 3 rings (SSSR count). The fraction of sp³-hybridized carbons (Fsp3) is 0.438. The lowest BCUT2D eigenvalue weighted by molar-refractivity contribution is -0.122. The van der Waals surface area contributed by atoms with Crippen LogP contribution in [-0.4, -0.2) is 35.0 Å². The molecule has 23 heavy (non-hydrogen) atoms. The molecule has 122 valence electrons. The van der Waals surface area contributed by atoms with Crippen LogP contribution in [0.5, 0.6) is 0 Å². The minimum Gasteiger partial charge on any atom is -0.351 e. The van der Waals surface area contributed by atoms with Gasteiger partial charge in [-0.15, -0.1) is 11.3 Å². The van der Waals surface area contributed by atoms with E-state index in [1.807, 2.05) is 29.3 Å². The molecule has 1 aliphatic rings. The van der Waals surface area contributed by atoms with Crippen molar-refractivity contribution >= 4 is 23.1 Å². The Labute approximate surface area is 138 Å². The summed E-state index contributed by atoms with van der Waals surface area (Å²) in [5.74, 6) is 0.315. The van der Waals surface area contributed by atoms with Crippen LogP contribution in [0.2, 0.25) is 0 Å². The van der Waals surface area contributed by atoms with Crippen molar-refractivity contribution in [3.8, 4) is 0 Å². The van der Waals surface area contributed by atoms with Crippen molar-refractivity contribution in [2.45, 2.75) is 31.7 Å². The summed E-state index contributed by atoms with van der Waals surface area (Å²) in [4.78, 5) is 34.1. The van der Waals surface area contributed by atoms with Crippen LogP contribution in [0, 0.1) is 0 Å². The van der Waals surface area contributed by atoms with Crippen LogP contribution in [-0.2, 0) is 4.79 Å². The van der Waals surface area contributed by atoms with Gasteiger partial charge in [0, 0.05) is 36.4 Å². The predicted molar refractivity (Wildman–Crippen MR) is 91.0 cm³/mol. The maximum absolute atomic E-state index is 12.4. The van der Waals surface area contributed by atoms with Crippen LogP contribution in [0.15, 0.2) is 34.7 Å². The van der Waals surface area contributed by atoms with Gasteiger partial charge in [0.2, 0.25) is 5.91 Å². The molecule has 0 bridgehead atoms. The molecule has 2 aromatic rings. The van der Waals surface area contributed by atoms with Crippen molar-refractivity contribution in [3.63, 3.8) is 0 Å². The van der Waals surface area contributed by atoms with E-state index in [4.69, 9.17) is 0 Å². The summed E-state index contributed by atoms with van der Waals surface area (Å²) in [7, 11) is 0. The zero-order valence-corrected chi connectivity index (χ0v) is 13.8. The molecule has 1 amide bonds. The summed E-state index contributed by atoms with van der Waals surface area (Å²) < 4.78 is 0. The summed E-state index contributed by atoms with van der Waals surface area (Å²) in [5, 5.41) is 5.09. The van der Waals surface area contributed by atoms with Crippen molar-refractivity contribution in [1.82, 2.24) is 15.3 Å². The van der Waals surface area contributed by atoms with Crippen LogP contribution in [0.4, 0.5) is 5.82 Å². The van der Waals surface area contributed by atoms with Crippen molar-refractivity contribution in [2.24, 2.45) is 0 Å². The van der Waals surface area contributed by atoms with E-state index in [2.05, 4.69) is 15.3 Å². The highest BCUT2D eigenvalue weighted by Gasteiger charge is 2.26. The van der Waals surface area contributed by atoms with Gasteiger partial charge in [-0.05, 0) is 31.2 Å². The second-order valence-electron chi connectivity index (χ2n) is 5.77. The number of amides is 1. The Bertz CT molecular complexity index is 713. The number of nitrogens with zero attached hydrogens (tertiary/aromatic N) is 2. The Morgan fingerprint density at radius 2 is 2.43 bits per heavy atom. The molecule has 2 N–H and O–H groups in total. The number of thiophene rings is 1. The molecule has 0 aliphatic carbocycles. The van der Waals surface area contributed by atoms with Gasteiger partial charge in [0.15, 0.2) is 5.82 Å². The quantitative estimate of drug-likeness (QED) is 0.894. The van der Waals surface area contributed by atoms with Crippen LogP contribution >= 0.6 is 11.3 Å². The number of anilines is 1. The molecule has 2 atom stereocenters. The number of nitrogens with one attached hydrogen (secondary N) is 2. The molecule has 3 heterocycles. The highest BCUT2D eigenvalue weighted by atomic mass is 32.1. The molecule has 0 spiro atoms. The number of rotatable bonds is 4. The maximum atomic E-state index is 12.4. The van der Waals surface area contributed by atoms with E-state index in [1.54, 1.807) is 17.5 Å². The van der Waals surface area contributed by atoms with Crippen LogP contribution in [0.1, 0.15) is 30.6 Å². The first-order chi connectivity index (χ1) is 11.1. The Kier molecular flexibility index (Phi) is 4.76. The smallest absolute Gasteiger partial charge is 0.290 e. The molecule has 2 unspecified atom stereocenters. The maximum Gasteiger partial charge on any atom is 0.290 e. The van der Waals surface area contributed by atoms with E-state index in [1.165, 1.54) is 6.20 Å². The summed E-state index contributed by atoms with van der Waals surface area (Å²) in [5.41, 5.74) is -0.188. The first-order valence-corrected chi connectivity index (χ1v) is 8.65. The molecule has 1 aliphatic heterocycles. The van der Waals surface area contributed by atoms with Gasteiger partial charge in [-0.3, -0.25) is 9.59 Å². The summed E-state index contributed by atoms with van der Waals surface area (Å²) in [6, 6.07) is 3.98. The van der Waals surface area contributed by atoms with Gasteiger partial charge in [-0.1, -0.05) is 6.07 Å². The lowest BCUT2D eigenvalue weighted by Gasteiger charge is -2.33. The second kappa shape index (κ2) is 6.95. The third-order valence-corrected chi connectivity index (χ3v) is 5.17. The summed E-state index contributed by atoms with van der Waals surface area (Å²) >= 11 is 1.59. The van der Waals surface area contributed by atoms with Gasteiger partial charge in [0.25, 0.3) is 5.56 Å². The fourth-order valence-electron chi connectivity index (χ4n) is 2.85. The van der Waals surface area contributed by atoms with Crippen LogP contribution in [0.25, 0.3) is 0 Å². The SMILES string of the molecule is CC(C(=O)NC1CCCN(c2ncc[nH]c2=O)C1)c1cccs1. The molecule has 2 aromatic heterocycles. The van der Waals surface area contributed by atoms with Gasteiger partial charge in [0.1, 0.15) is 0 Å². The third-order valence-electron chi connectivity index (χ3n) is 4.12. The number of hydrogen-bond donors (Lipinski definition) is 2. The lowest BCUT2D eigenvalue weighted by atomic mass is 10.0. The molecule has 0 radical (unpaired) electrons. The fourth-order valence-corrected chi connectivity index (χ4v) is 3.63. The van der Waals surface area contributed by atoms with Crippen LogP contribution in [0.3, 0.4) is 0 Å². The number of aromatic amines is 1. The van der Waals surface area contributed by atoms with E-state index in [0.717, 1.165) is 24.3 Å². The molecule has 7 heteroatoms. The van der Waals surface area contributed by atoms with Crippen molar-refractivity contribution < 1.29 is 4.79 Å². The molecular formula is C16H20N4O2S. The van der Waals surface area contributed by atoms with Crippen molar-refractivity contribution in [1.29, 1.82) is 0 Å². The lowest BCUT2D eigenvalue weighted by Crippen LogP contribution is -2.50. The Morgan fingerprint density at radius 3 is 3.17 bits per heavy atom. The molecule has 0 aromatic carbocycles. The topological polar surface area (TPSA) is 78.1 Å².